The summed E-state index contributed by atoms with van der Waals surface area (Å²) in [6, 6.07) is 0. The molecule has 92 valence electrons. The molecule has 0 spiro atoms. The van der Waals surface area contributed by atoms with Crippen LogP contribution >= 0.6 is 0 Å². The molecule has 1 aliphatic heterocycles. The molecule has 3 heteroatoms. The number of nitrogens with zero attached hydrogens (tertiary/aromatic N) is 1. The number of carbonyl (C=O) groups excluding carboxylic acids is 1. The first kappa shape index (κ1) is 11.9. The summed E-state index contributed by atoms with van der Waals surface area (Å²) in [6.07, 6.45) is 4.75. The van der Waals surface area contributed by atoms with Gasteiger partial charge in [0, 0.05) is 19.0 Å². The van der Waals surface area contributed by atoms with Gasteiger partial charge in [-0.05, 0) is 18.3 Å². The SMILES string of the molecule is CC1(C)CCCCC1C(=O)N1CCOCC1. The maximum atomic E-state index is 12.4. The first-order valence-corrected chi connectivity index (χ1v) is 6.48. The zero-order chi connectivity index (χ0) is 11.6. The highest BCUT2D eigenvalue weighted by Gasteiger charge is 2.39. The average Bonchev–Trinajstić information content (AvgIpc) is 2.29. The van der Waals surface area contributed by atoms with Crippen molar-refractivity contribution >= 4 is 5.91 Å². The topological polar surface area (TPSA) is 29.5 Å². The first-order chi connectivity index (χ1) is 7.61. The van der Waals surface area contributed by atoms with Crippen molar-refractivity contribution in [3.8, 4) is 0 Å². The Morgan fingerprint density at radius 1 is 1.25 bits per heavy atom. The van der Waals surface area contributed by atoms with E-state index in [1.165, 1.54) is 19.3 Å². The molecule has 3 nitrogen and oxygen atoms in total. The molecule has 0 aromatic rings. The maximum absolute atomic E-state index is 12.4. The van der Waals surface area contributed by atoms with Crippen LogP contribution in [-0.2, 0) is 9.53 Å². The second kappa shape index (κ2) is 4.74. The monoisotopic (exact) mass is 225 g/mol. The molecule has 1 aliphatic carbocycles. The molecule has 16 heavy (non-hydrogen) atoms. The van der Waals surface area contributed by atoms with E-state index in [4.69, 9.17) is 4.74 Å². The van der Waals surface area contributed by atoms with Gasteiger partial charge < -0.3 is 9.64 Å². The third-order valence-electron chi connectivity index (χ3n) is 4.13. The average molecular weight is 225 g/mol. The summed E-state index contributed by atoms with van der Waals surface area (Å²) in [7, 11) is 0. The Bertz CT molecular complexity index is 257. The van der Waals surface area contributed by atoms with E-state index in [-0.39, 0.29) is 11.3 Å². The van der Waals surface area contributed by atoms with Crippen LogP contribution in [0.15, 0.2) is 0 Å². The minimum absolute atomic E-state index is 0.188. The van der Waals surface area contributed by atoms with Crippen molar-refractivity contribution in [1.29, 1.82) is 0 Å². The molecule has 0 N–H and O–H groups in total. The zero-order valence-electron chi connectivity index (χ0n) is 10.5. The van der Waals surface area contributed by atoms with Crippen LogP contribution < -0.4 is 0 Å². The highest BCUT2D eigenvalue weighted by Crippen LogP contribution is 2.41. The van der Waals surface area contributed by atoms with E-state index in [0.29, 0.717) is 19.1 Å². The molecule has 0 radical (unpaired) electrons. The predicted molar refractivity (Wildman–Crippen MR) is 63.1 cm³/mol. The Balaban J connectivity index is 2.01. The lowest BCUT2D eigenvalue weighted by atomic mass is 9.68. The molecular weight excluding hydrogens is 202 g/mol. The quantitative estimate of drug-likeness (QED) is 0.683. The molecule has 2 aliphatic rings. The summed E-state index contributed by atoms with van der Waals surface area (Å²) in [5, 5.41) is 0. The normalized spacial score (nSPS) is 30.1. The molecule has 1 saturated carbocycles. The van der Waals surface area contributed by atoms with Crippen molar-refractivity contribution in [2.75, 3.05) is 26.3 Å². The molecule has 0 aromatic heterocycles. The van der Waals surface area contributed by atoms with Gasteiger partial charge in [0.25, 0.3) is 0 Å². The third kappa shape index (κ3) is 2.40. The zero-order valence-corrected chi connectivity index (χ0v) is 10.5. The van der Waals surface area contributed by atoms with Gasteiger partial charge in [0.2, 0.25) is 5.91 Å². The molecule has 1 saturated heterocycles. The van der Waals surface area contributed by atoms with Gasteiger partial charge in [-0.25, -0.2) is 0 Å². The first-order valence-electron chi connectivity index (χ1n) is 6.48. The summed E-state index contributed by atoms with van der Waals surface area (Å²) in [5.74, 6) is 0.604. The highest BCUT2D eigenvalue weighted by atomic mass is 16.5. The number of rotatable bonds is 1. The van der Waals surface area contributed by atoms with Crippen LogP contribution in [0, 0.1) is 11.3 Å². The molecule has 0 bridgehead atoms. The van der Waals surface area contributed by atoms with E-state index in [1.54, 1.807) is 0 Å². The van der Waals surface area contributed by atoms with E-state index in [9.17, 15) is 4.79 Å². The van der Waals surface area contributed by atoms with Crippen LogP contribution in [0.3, 0.4) is 0 Å². The Morgan fingerprint density at radius 3 is 2.56 bits per heavy atom. The molecule has 0 aromatic carbocycles. The van der Waals surface area contributed by atoms with Gasteiger partial charge in [-0.2, -0.15) is 0 Å². The van der Waals surface area contributed by atoms with Crippen LogP contribution in [-0.4, -0.2) is 37.1 Å². The van der Waals surface area contributed by atoms with Crippen molar-refractivity contribution < 1.29 is 9.53 Å². The Kier molecular flexibility index (Phi) is 3.53. The molecule has 1 atom stereocenters. The van der Waals surface area contributed by atoms with E-state index >= 15 is 0 Å². The van der Waals surface area contributed by atoms with E-state index in [1.807, 2.05) is 4.90 Å². The minimum Gasteiger partial charge on any atom is -0.378 e. The second-order valence-electron chi connectivity index (χ2n) is 5.72. The van der Waals surface area contributed by atoms with Crippen LogP contribution in [0.25, 0.3) is 0 Å². The number of amides is 1. The van der Waals surface area contributed by atoms with Crippen LogP contribution in [0.2, 0.25) is 0 Å². The van der Waals surface area contributed by atoms with Crippen molar-refractivity contribution in [2.24, 2.45) is 11.3 Å². The lowest BCUT2D eigenvalue weighted by Gasteiger charge is -2.41. The number of hydrogen-bond donors (Lipinski definition) is 0. The van der Waals surface area contributed by atoms with Crippen molar-refractivity contribution in [2.45, 2.75) is 39.5 Å². The lowest BCUT2D eigenvalue weighted by molar-refractivity contribution is -0.145. The fraction of sp³-hybridized carbons (Fsp3) is 0.923. The van der Waals surface area contributed by atoms with Gasteiger partial charge in [-0.1, -0.05) is 26.7 Å². The fourth-order valence-electron chi connectivity index (χ4n) is 2.96. The van der Waals surface area contributed by atoms with Crippen molar-refractivity contribution in [3.63, 3.8) is 0 Å². The van der Waals surface area contributed by atoms with Crippen molar-refractivity contribution in [3.05, 3.63) is 0 Å². The van der Waals surface area contributed by atoms with Gasteiger partial charge >= 0.3 is 0 Å². The molecule has 1 amide bonds. The molecule has 2 rings (SSSR count). The lowest BCUT2D eigenvalue weighted by Crippen LogP contribution is -2.48. The van der Waals surface area contributed by atoms with Gasteiger partial charge in [-0.3, -0.25) is 4.79 Å². The Morgan fingerprint density at radius 2 is 1.94 bits per heavy atom. The van der Waals surface area contributed by atoms with E-state index < -0.39 is 0 Å². The van der Waals surface area contributed by atoms with Crippen molar-refractivity contribution in [1.82, 2.24) is 4.90 Å². The molecular formula is C13H23NO2. The number of carbonyl (C=O) groups is 1. The van der Waals surface area contributed by atoms with Crippen LogP contribution in [0.4, 0.5) is 0 Å². The van der Waals surface area contributed by atoms with Gasteiger partial charge in [-0.15, -0.1) is 0 Å². The minimum atomic E-state index is 0.188. The number of morpholine rings is 1. The van der Waals surface area contributed by atoms with Gasteiger partial charge in [0.15, 0.2) is 0 Å². The highest BCUT2D eigenvalue weighted by molar-refractivity contribution is 5.79. The maximum Gasteiger partial charge on any atom is 0.226 e. The molecule has 2 fully saturated rings. The summed E-state index contributed by atoms with van der Waals surface area (Å²) in [4.78, 5) is 14.4. The summed E-state index contributed by atoms with van der Waals surface area (Å²) >= 11 is 0. The third-order valence-corrected chi connectivity index (χ3v) is 4.13. The predicted octanol–water partition coefficient (Wildman–Crippen LogP) is 2.06. The van der Waals surface area contributed by atoms with Crippen LogP contribution in [0.5, 0.6) is 0 Å². The van der Waals surface area contributed by atoms with E-state index in [0.717, 1.165) is 19.5 Å². The Hall–Kier alpha value is -0.570. The standard InChI is InChI=1S/C13H23NO2/c1-13(2)6-4-3-5-11(13)12(15)14-7-9-16-10-8-14/h11H,3-10H2,1-2H3. The number of ether oxygens (including phenoxy) is 1. The largest absolute Gasteiger partial charge is 0.378 e. The van der Waals surface area contributed by atoms with Gasteiger partial charge in [0.1, 0.15) is 0 Å². The van der Waals surface area contributed by atoms with E-state index in [2.05, 4.69) is 13.8 Å². The van der Waals surface area contributed by atoms with Crippen LogP contribution in [0.1, 0.15) is 39.5 Å². The molecule has 1 unspecified atom stereocenters. The summed E-state index contributed by atoms with van der Waals surface area (Å²) in [5.41, 5.74) is 0.188. The summed E-state index contributed by atoms with van der Waals surface area (Å²) < 4.78 is 5.30. The smallest absolute Gasteiger partial charge is 0.226 e. The molecule has 1 heterocycles. The fourth-order valence-corrected chi connectivity index (χ4v) is 2.96. The second-order valence-corrected chi connectivity index (χ2v) is 5.72. The van der Waals surface area contributed by atoms with Gasteiger partial charge in [0.05, 0.1) is 13.2 Å². The summed E-state index contributed by atoms with van der Waals surface area (Å²) in [6.45, 7) is 7.47. The number of hydrogen-bond acceptors (Lipinski definition) is 2. The Labute approximate surface area is 98.1 Å².